The first-order valence-electron chi connectivity index (χ1n) is 13.1. The molecule has 0 aliphatic rings. The summed E-state index contributed by atoms with van der Waals surface area (Å²) in [5.74, 6) is -1.97. The van der Waals surface area contributed by atoms with Crippen molar-refractivity contribution >= 4 is 44.6 Å². The SMILES string of the molecule is Cc1cc(NC(=O)c2ccc(-c3ccc(O)cc3)cc2)ccc1OCc1cccc(NS(=O)(=O)c2ccsc2C(=O)O)c1F. The van der Waals surface area contributed by atoms with Crippen LogP contribution in [0.4, 0.5) is 15.8 Å². The van der Waals surface area contributed by atoms with E-state index >= 15 is 4.39 Å². The van der Waals surface area contributed by atoms with Gasteiger partial charge in [-0.1, -0.05) is 36.4 Å². The van der Waals surface area contributed by atoms with Crippen molar-refractivity contribution in [3.63, 3.8) is 0 Å². The van der Waals surface area contributed by atoms with Crippen LogP contribution < -0.4 is 14.8 Å². The number of rotatable bonds is 10. The van der Waals surface area contributed by atoms with Crippen molar-refractivity contribution in [2.45, 2.75) is 18.4 Å². The van der Waals surface area contributed by atoms with E-state index in [1.165, 1.54) is 23.6 Å². The summed E-state index contributed by atoms with van der Waals surface area (Å²) in [4.78, 5) is 23.3. The van der Waals surface area contributed by atoms with E-state index in [2.05, 4.69) is 10.0 Å². The van der Waals surface area contributed by atoms with Gasteiger partial charge in [-0.3, -0.25) is 9.52 Å². The Morgan fingerprint density at radius 2 is 1.61 bits per heavy atom. The van der Waals surface area contributed by atoms with Crippen molar-refractivity contribution in [1.82, 2.24) is 0 Å². The van der Waals surface area contributed by atoms with E-state index in [1.807, 2.05) is 12.1 Å². The number of benzene rings is 4. The third-order valence-corrected chi connectivity index (χ3v) is 9.04. The first kappa shape index (κ1) is 30.3. The summed E-state index contributed by atoms with van der Waals surface area (Å²) in [5, 5.41) is 22.9. The fraction of sp³-hybridized carbons (Fsp3) is 0.0625. The number of halogens is 1. The van der Waals surface area contributed by atoms with Gasteiger partial charge in [0.05, 0.1) is 5.69 Å². The maximum absolute atomic E-state index is 15.2. The predicted octanol–water partition coefficient (Wildman–Crippen LogP) is 6.90. The largest absolute Gasteiger partial charge is 0.508 e. The summed E-state index contributed by atoms with van der Waals surface area (Å²) in [7, 11) is -4.35. The van der Waals surface area contributed by atoms with Gasteiger partial charge in [0.1, 0.15) is 27.9 Å². The molecule has 224 valence electrons. The number of carboxylic acid groups (broad SMARTS) is 1. The molecule has 9 nitrogen and oxygen atoms in total. The van der Waals surface area contributed by atoms with E-state index in [0.717, 1.165) is 28.5 Å². The second-order valence-corrected chi connectivity index (χ2v) is 12.2. The quantitative estimate of drug-likeness (QED) is 0.131. The second kappa shape index (κ2) is 12.6. The number of hydrogen-bond acceptors (Lipinski definition) is 7. The standard InChI is InChI=1S/C32H25FN2O7S2/c1-19-17-24(34-31(37)22-7-5-20(6-8-22)21-9-12-25(36)13-10-21)11-14-27(19)42-18-23-3-2-4-26(29(23)33)35-44(40,41)28-15-16-43-30(28)32(38)39/h2-17,35-36H,18H2,1H3,(H,34,37)(H,38,39). The Morgan fingerprint density at radius 1 is 0.932 bits per heavy atom. The number of hydrogen-bond donors (Lipinski definition) is 4. The summed E-state index contributed by atoms with van der Waals surface area (Å²) in [5.41, 5.74) is 3.17. The minimum absolute atomic E-state index is 0.0708. The Labute approximate surface area is 256 Å². The van der Waals surface area contributed by atoms with Gasteiger partial charge in [-0.2, -0.15) is 0 Å². The number of anilines is 2. The lowest BCUT2D eigenvalue weighted by atomic mass is 10.0. The molecule has 0 aliphatic heterocycles. The number of carbonyl (C=O) groups excluding carboxylic acids is 1. The van der Waals surface area contributed by atoms with Crippen molar-refractivity contribution in [2.75, 3.05) is 10.0 Å². The lowest BCUT2D eigenvalue weighted by Crippen LogP contribution is -2.16. The van der Waals surface area contributed by atoms with E-state index in [-0.39, 0.29) is 34.4 Å². The van der Waals surface area contributed by atoms with E-state index in [1.54, 1.807) is 61.5 Å². The highest BCUT2D eigenvalue weighted by Gasteiger charge is 2.25. The molecule has 5 aromatic rings. The number of amides is 1. The van der Waals surface area contributed by atoms with Crippen LogP contribution in [0.25, 0.3) is 11.1 Å². The van der Waals surface area contributed by atoms with Crippen LogP contribution >= 0.6 is 11.3 Å². The van der Waals surface area contributed by atoms with E-state index < -0.39 is 26.7 Å². The van der Waals surface area contributed by atoms with E-state index in [9.17, 15) is 28.2 Å². The molecule has 0 saturated heterocycles. The summed E-state index contributed by atoms with van der Waals surface area (Å²) in [6.07, 6.45) is 0. The average molecular weight is 633 g/mol. The van der Waals surface area contributed by atoms with Gasteiger partial charge < -0.3 is 20.3 Å². The molecule has 1 heterocycles. The summed E-state index contributed by atoms with van der Waals surface area (Å²) < 4.78 is 48.7. The van der Waals surface area contributed by atoms with Gasteiger partial charge in [-0.25, -0.2) is 17.6 Å². The molecule has 0 aliphatic carbocycles. The zero-order valence-electron chi connectivity index (χ0n) is 23.1. The number of ether oxygens (including phenoxy) is 1. The maximum atomic E-state index is 15.2. The lowest BCUT2D eigenvalue weighted by Gasteiger charge is -2.14. The summed E-state index contributed by atoms with van der Waals surface area (Å²) in [6, 6.07) is 24.1. The van der Waals surface area contributed by atoms with Crippen molar-refractivity contribution in [1.29, 1.82) is 0 Å². The molecular weight excluding hydrogens is 607 g/mol. The Hall–Kier alpha value is -5.20. The van der Waals surface area contributed by atoms with Crippen LogP contribution in [0.2, 0.25) is 0 Å². The van der Waals surface area contributed by atoms with Crippen LogP contribution in [0, 0.1) is 12.7 Å². The van der Waals surface area contributed by atoms with Crippen molar-refractivity contribution in [3.8, 4) is 22.6 Å². The molecule has 4 aromatic carbocycles. The fourth-order valence-electron chi connectivity index (χ4n) is 4.35. The van der Waals surface area contributed by atoms with Crippen LogP contribution in [0.15, 0.2) is 101 Å². The van der Waals surface area contributed by atoms with Crippen molar-refractivity contribution in [2.24, 2.45) is 0 Å². The van der Waals surface area contributed by atoms with Crippen LogP contribution in [0.1, 0.15) is 31.2 Å². The third kappa shape index (κ3) is 6.72. The van der Waals surface area contributed by atoms with Crippen LogP contribution in [0.3, 0.4) is 0 Å². The van der Waals surface area contributed by atoms with E-state index in [4.69, 9.17) is 4.74 Å². The molecule has 0 spiro atoms. The summed E-state index contributed by atoms with van der Waals surface area (Å²) >= 11 is 0.750. The molecule has 0 bridgehead atoms. The molecule has 0 atom stereocenters. The van der Waals surface area contributed by atoms with Crippen molar-refractivity contribution < 1.29 is 37.3 Å². The van der Waals surface area contributed by atoms with Gasteiger partial charge in [0, 0.05) is 16.8 Å². The van der Waals surface area contributed by atoms with Crippen LogP contribution in [-0.4, -0.2) is 30.5 Å². The van der Waals surface area contributed by atoms with Crippen molar-refractivity contribution in [3.05, 3.63) is 124 Å². The number of aromatic hydroxyl groups is 1. The molecule has 4 N–H and O–H groups in total. The number of aryl methyl sites for hydroxylation is 1. The number of phenolic OH excluding ortho intramolecular Hbond substituents is 1. The number of phenols is 1. The highest BCUT2D eigenvalue weighted by Crippen LogP contribution is 2.29. The van der Waals surface area contributed by atoms with Gasteiger partial charge in [0.2, 0.25) is 0 Å². The number of aromatic carboxylic acids is 1. The first-order chi connectivity index (χ1) is 21.0. The number of thiophene rings is 1. The smallest absolute Gasteiger partial charge is 0.347 e. The maximum Gasteiger partial charge on any atom is 0.347 e. The fourth-order valence-corrected chi connectivity index (χ4v) is 6.67. The Kier molecular flexibility index (Phi) is 8.65. The first-order valence-corrected chi connectivity index (χ1v) is 15.4. The normalized spacial score (nSPS) is 11.1. The molecule has 12 heteroatoms. The number of sulfonamides is 1. The highest BCUT2D eigenvalue weighted by atomic mass is 32.2. The molecule has 1 amide bonds. The molecule has 0 fully saturated rings. The van der Waals surface area contributed by atoms with Crippen LogP contribution in [-0.2, 0) is 16.6 Å². The Bertz CT molecular complexity index is 1960. The number of nitrogens with one attached hydrogen (secondary N) is 2. The molecule has 0 radical (unpaired) electrons. The molecule has 44 heavy (non-hydrogen) atoms. The third-order valence-electron chi connectivity index (χ3n) is 6.60. The minimum atomic E-state index is -4.35. The molecule has 0 unspecified atom stereocenters. The minimum Gasteiger partial charge on any atom is -0.508 e. The highest BCUT2D eigenvalue weighted by molar-refractivity contribution is 7.93. The van der Waals surface area contributed by atoms with Gasteiger partial charge in [-0.15, -0.1) is 11.3 Å². The Morgan fingerprint density at radius 3 is 2.27 bits per heavy atom. The second-order valence-electron chi connectivity index (χ2n) is 9.65. The van der Waals surface area contributed by atoms with Gasteiger partial charge >= 0.3 is 5.97 Å². The molecule has 0 saturated carbocycles. The topological polar surface area (TPSA) is 142 Å². The lowest BCUT2D eigenvalue weighted by molar-refractivity contribution is 0.0698. The number of carboxylic acids is 1. The molecular formula is C32H25FN2O7S2. The average Bonchev–Trinajstić information content (AvgIpc) is 3.51. The monoisotopic (exact) mass is 632 g/mol. The van der Waals surface area contributed by atoms with Gasteiger partial charge in [-0.05, 0) is 83.6 Å². The number of carbonyl (C=O) groups is 2. The zero-order valence-corrected chi connectivity index (χ0v) is 24.7. The Balaban J connectivity index is 1.23. The predicted molar refractivity (Wildman–Crippen MR) is 165 cm³/mol. The summed E-state index contributed by atoms with van der Waals surface area (Å²) in [6.45, 7) is 1.54. The molecule has 5 rings (SSSR count). The van der Waals surface area contributed by atoms with Gasteiger partial charge in [0.15, 0.2) is 5.82 Å². The molecule has 1 aromatic heterocycles. The van der Waals surface area contributed by atoms with Crippen LogP contribution in [0.5, 0.6) is 11.5 Å². The zero-order chi connectivity index (χ0) is 31.4. The van der Waals surface area contributed by atoms with E-state index in [0.29, 0.717) is 22.6 Å². The van der Waals surface area contributed by atoms with Gasteiger partial charge in [0.25, 0.3) is 15.9 Å².